The summed E-state index contributed by atoms with van der Waals surface area (Å²) >= 11 is 1.53. The molecule has 0 radical (unpaired) electrons. The molecule has 1 unspecified atom stereocenters. The van der Waals surface area contributed by atoms with Crippen molar-refractivity contribution in [2.24, 2.45) is 0 Å². The SMILES string of the molecule is CCCCC(CCC)SC(C)=O. The maximum absolute atomic E-state index is 10.9. The van der Waals surface area contributed by atoms with Gasteiger partial charge in [-0.05, 0) is 12.8 Å². The van der Waals surface area contributed by atoms with Crippen molar-refractivity contribution in [1.82, 2.24) is 0 Å². The Labute approximate surface area is 80.3 Å². The predicted octanol–water partition coefficient (Wildman–Crippen LogP) is 3.63. The monoisotopic (exact) mass is 188 g/mol. The summed E-state index contributed by atoms with van der Waals surface area (Å²) in [6, 6.07) is 0. The van der Waals surface area contributed by atoms with Crippen LogP contribution in [0.15, 0.2) is 0 Å². The van der Waals surface area contributed by atoms with Crippen molar-refractivity contribution in [1.29, 1.82) is 0 Å². The zero-order valence-electron chi connectivity index (χ0n) is 8.43. The molecule has 0 heterocycles. The third kappa shape index (κ3) is 6.71. The summed E-state index contributed by atoms with van der Waals surface area (Å²) in [5.74, 6) is 0. The molecule has 0 aliphatic rings. The van der Waals surface area contributed by atoms with Crippen molar-refractivity contribution in [3.05, 3.63) is 0 Å². The topological polar surface area (TPSA) is 17.1 Å². The van der Waals surface area contributed by atoms with Gasteiger partial charge in [0.1, 0.15) is 0 Å². The third-order valence-electron chi connectivity index (χ3n) is 1.82. The van der Waals surface area contributed by atoms with Gasteiger partial charge in [0, 0.05) is 12.2 Å². The van der Waals surface area contributed by atoms with Gasteiger partial charge in [-0.3, -0.25) is 4.79 Å². The lowest BCUT2D eigenvalue weighted by molar-refractivity contribution is -0.109. The van der Waals surface area contributed by atoms with Gasteiger partial charge in [0.25, 0.3) is 0 Å². The highest BCUT2D eigenvalue weighted by molar-refractivity contribution is 8.14. The Morgan fingerprint density at radius 3 is 2.33 bits per heavy atom. The zero-order chi connectivity index (χ0) is 9.40. The minimum absolute atomic E-state index is 0.268. The van der Waals surface area contributed by atoms with Crippen LogP contribution in [0, 0.1) is 0 Å². The molecular weight excluding hydrogens is 168 g/mol. The van der Waals surface area contributed by atoms with E-state index in [9.17, 15) is 4.79 Å². The Morgan fingerprint density at radius 2 is 1.92 bits per heavy atom. The van der Waals surface area contributed by atoms with Crippen LogP contribution in [0.1, 0.15) is 52.9 Å². The van der Waals surface area contributed by atoms with Gasteiger partial charge in [0.05, 0.1) is 0 Å². The second kappa shape index (κ2) is 7.66. The number of thioether (sulfide) groups is 1. The van der Waals surface area contributed by atoms with Crippen molar-refractivity contribution in [3.63, 3.8) is 0 Å². The fourth-order valence-electron chi connectivity index (χ4n) is 1.25. The quantitative estimate of drug-likeness (QED) is 0.633. The Morgan fingerprint density at radius 1 is 1.25 bits per heavy atom. The highest BCUT2D eigenvalue weighted by Crippen LogP contribution is 2.22. The molecule has 1 atom stereocenters. The molecule has 0 bridgehead atoms. The molecule has 12 heavy (non-hydrogen) atoms. The number of unbranched alkanes of at least 4 members (excludes halogenated alkanes) is 1. The Hall–Kier alpha value is 0.0200. The molecule has 0 saturated heterocycles. The highest BCUT2D eigenvalue weighted by atomic mass is 32.2. The minimum Gasteiger partial charge on any atom is -0.288 e. The Balaban J connectivity index is 3.61. The van der Waals surface area contributed by atoms with Crippen molar-refractivity contribution < 1.29 is 4.79 Å². The summed E-state index contributed by atoms with van der Waals surface area (Å²) in [7, 11) is 0. The molecule has 0 fully saturated rings. The number of carbonyl (C=O) groups excluding carboxylic acids is 1. The van der Waals surface area contributed by atoms with Gasteiger partial charge in [-0.25, -0.2) is 0 Å². The Kier molecular flexibility index (Phi) is 7.67. The van der Waals surface area contributed by atoms with Gasteiger partial charge < -0.3 is 0 Å². The smallest absolute Gasteiger partial charge is 0.186 e. The second-order valence-corrected chi connectivity index (χ2v) is 4.64. The van der Waals surface area contributed by atoms with Crippen LogP contribution >= 0.6 is 11.8 Å². The van der Waals surface area contributed by atoms with E-state index in [1.165, 1.54) is 43.9 Å². The molecule has 72 valence electrons. The summed E-state index contributed by atoms with van der Waals surface area (Å²) in [6.45, 7) is 6.04. The number of carbonyl (C=O) groups is 1. The first-order chi connectivity index (χ1) is 5.70. The molecule has 2 heteroatoms. The fraction of sp³-hybridized carbons (Fsp3) is 0.900. The average Bonchev–Trinajstić information content (AvgIpc) is 2.00. The summed E-state index contributed by atoms with van der Waals surface area (Å²) in [4.78, 5) is 10.9. The Bertz CT molecular complexity index is 123. The summed E-state index contributed by atoms with van der Waals surface area (Å²) < 4.78 is 0. The lowest BCUT2D eigenvalue weighted by Gasteiger charge is -2.12. The van der Waals surface area contributed by atoms with Gasteiger partial charge in [-0.2, -0.15) is 0 Å². The normalized spacial score (nSPS) is 12.9. The molecule has 0 amide bonds. The number of hydrogen-bond donors (Lipinski definition) is 0. The van der Waals surface area contributed by atoms with E-state index < -0.39 is 0 Å². The molecule has 0 aliphatic heterocycles. The zero-order valence-corrected chi connectivity index (χ0v) is 9.25. The largest absolute Gasteiger partial charge is 0.288 e. The van der Waals surface area contributed by atoms with Crippen LogP contribution in [0.2, 0.25) is 0 Å². The van der Waals surface area contributed by atoms with E-state index in [0.717, 1.165) is 0 Å². The van der Waals surface area contributed by atoms with E-state index >= 15 is 0 Å². The molecule has 0 aliphatic carbocycles. The van der Waals surface area contributed by atoms with E-state index in [1.54, 1.807) is 6.92 Å². The molecule has 0 aromatic heterocycles. The summed E-state index contributed by atoms with van der Waals surface area (Å²) in [6.07, 6.45) is 6.07. The van der Waals surface area contributed by atoms with Crippen molar-refractivity contribution in [2.75, 3.05) is 0 Å². The molecule has 0 aromatic rings. The summed E-state index contributed by atoms with van der Waals surface area (Å²) in [5, 5.41) is 0.844. The molecule has 0 aromatic carbocycles. The number of hydrogen-bond acceptors (Lipinski definition) is 2. The number of rotatable bonds is 6. The van der Waals surface area contributed by atoms with Crippen LogP contribution in [-0.2, 0) is 4.79 Å². The van der Waals surface area contributed by atoms with Crippen LogP contribution in [0.25, 0.3) is 0 Å². The van der Waals surface area contributed by atoms with Crippen molar-refractivity contribution in [3.8, 4) is 0 Å². The maximum atomic E-state index is 10.9. The van der Waals surface area contributed by atoms with Crippen molar-refractivity contribution >= 4 is 16.9 Å². The third-order valence-corrected chi connectivity index (χ3v) is 2.96. The first kappa shape index (κ1) is 12.0. The molecule has 0 rings (SSSR count). The van der Waals surface area contributed by atoms with Gasteiger partial charge >= 0.3 is 0 Å². The molecule has 0 saturated carbocycles. The lowest BCUT2D eigenvalue weighted by Crippen LogP contribution is -2.04. The molecular formula is C10H20OS. The minimum atomic E-state index is 0.268. The molecule has 0 spiro atoms. The lowest BCUT2D eigenvalue weighted by atomic mass is 10.1. The first-order valence-corrected chi connectivity index (χ1v) is 5.75. The highest BCUT2D eigenvalue weighted by Gasteiger charge is 2.09. The maximum Gasteiger partial charge on any atom is 0.186 e. The first-order valence-electron chi connectivity index (χ1n) is 4.87. The summed E-state index contributed by atoms with van der Waals surface area (Å²) in [5.41, 5.74) is 0. The van der Waals surface area contributed by atoms with Crippen LogP contribution in [0.5, 0.6) is 0 Å². The van der Waals surface area contributed by atoms with Crippen molar-refractivity contribution in [2.45, 2.75) is 58.1 Å². The van der Waals surface area contributed by atoms with Gasteiger partial charge in [-0.1, -0.05) is 44.9 Å². The average molecular weight is 188 g/mol. The van der Waals surface area contributed by atoms with Crippen LogP contribution in [0.4, 0.5) is 0 Å². The van der Waals surface area contributed by atoms with Gasteiger partial charge in [0.15, 0.2) is 5.12 Å². The van der Waals surface area contributed by atoms with Crippen LogP contribution < -0.4 is 0 Å². The predicted molar refractivity (Wildman–Crippen MR) is 56.5 cm³/mol. The molecule has 1 nitrogen and oxygen atoms in total. The van der Waals surface area contributed by atoms with E-state index in [2.05, 4.69) is 13.8 Å². The second-order valence-electron chi connectivity index (χ2n) is 3.16. The van der Waals surface area contributed by atoms with E-state index in [4.69, 9.17) is 0 Å². The fourth-order valence-corrected chi connectivity index (χ4v) is 2.36. The standard InChI is InChI=1S/C10H20OS/c1-4-6-8-10(7-5-2)12-9(3)11/h10H,4-8H2,1-3H3. The van der Waals surface area contributed by atoms with Crippen LogP contribution in [0.3, 0.4) is 0 Å². The van der Waals surface area contributed by atoms with Crippen LogP contribution in [-0.4, -0.2) is 10.4 Å². The van der Waals surface area contributed by atoms with E-state index in [-0.39, 0.29) is 5.12 Å². The van der Waals surface area contributed by atoms with E-state index in [0.29, 0.717) is 5.25 Å². The van der Waals surface area contributed by atoms with E-state index in [1.807, 2.05) is 0 Å². The molecule has 0 N–H and O–H groups in total. The van der Waals surface area contributed by atoms with Gasteiger partial charge in [-0.15, -0.1) is 0 Å². The van der Waals surface area contributed by atoms with Gasteiger partial charge in [0.2, 0.25) is 0 Å².